The molecule has 0 saturated carbocycles. The van der Waals surface area contributed by atoms with Crippen LogP contribution in [0.3, 0.4) is 0 Å². The maximum absolute atomic E-state index is 12.9. The number of esters is 1. The topological polar surface area (TPSA) is 111 Å². The Morgan fingerprint density at radius 1 is 1.07 bits per heavy atom. The highest BCUT2D eigenvalue weighted by molar-refractivity contribution is 7.44. The monoisotopic (exact) mass is 579 g/mol. The summed E-state index contributed by atoms with van der Waals surface area (Å²) in [6, 6.07) is 7.40. The summed E-state index contributed by atoms with van der Waals surface area (Å²) < 4.78 is 30.4. The molecule has 0 N–H and O–H groups in total. The van der Waals surface area contributed by atoms with Gasteiger partial charge < -0.3 is 28.2 Å². The molecule has 0 bridgehead atoms. The predicted octanol–water partition coefficient (Wildman–Crippen LogP) is 5.59. The van der Waals surface area contributed by atoms with Crippen molar-refractivity contribution in [3.05, 3.63) is 23.8 Å². The number of carbonyl (C=O) groups is 2. The van der Waals surface area contributed by atoms with Gasteiger partial charge in [0.05, 0.1) is 39.9 Å². The number of benzene rings is 1. The number of unbranched alkanes of at least 4 members (excludes halogenated alkanes) is 2. The minimum Gasteiger partial charge on any atom is -0.497 e. The van der Waals surface area contributed by atoms with E-state index < -0.39 is 14.6 Å². The van der Waals surface area contributed by atoms with Crippen LogP contribution >= 0.6 is 8.53 Å². The quantitative estimate of drug-likeness (QED) is 0.125. The molecule has 0 spiro atoms. The number of nitrogens with zero attached hydrogens (tertiary/aromatic N) is 3. The second-order valence-electron chi connectivity index (χ2n) is 10.2. The lowest BCUT2D eigenvalue weighted by Crippen LogP contribution is -2.41. The average molecular weight is 580 g/mol. The Balaban J connectivity index is 1.77. The first-order valence-electron chi connectivity index (χ1n) is 14.1. The fourth-order valence-corrected chi connectivity index (χ4v) is 6.31. The molecule has 1 fully saturated rings. The van der Waals surface area contributed by atoms with Crippen molar-refractivity contribution < 1.29 is 32.8 Å². The van der Waals surface area contributed by atoms with Crippen molar-refractivity contribution in [1.82, 2.24) is 9.57 Å². The van der Waals surface area contributed by atoms with E-state index >= 15 is 0 Å². The second-order valence-corrected chi connectivity index (χ2v) is 11.7. The van der Waals surface area contributed by atoms with Crippen molar-refractivity contribution in [2.24, 2.45) is 0 Å². The van der Waals surface area contributed by atoms with Crippen LogP contribution in [-0.4, -0.2) is 73.6 Å². The van der Waals surface area contributed by atoms with E-state index in [1.54, 1.807) is 37.3 Å². The SMILES string of the molecule is COc1ccc(COC(=O)[C@H]2CCCN2C(=O)CCCCCOP(OCCC#N)N(C(C)C)C(C)C)c(OC)c1. The number of ether oxygens (including phenoxy) is 3. The first kappa shape index (κ1) is 33.8. The van der Waals surface area contributed by atoms with Gasteiger partial charge in [-0.3, -0.25) is 4.79 Å². The largest absolute Gasteiger partial charge is 0.497 e. The van der Waals surface area contributed by atoms with Gasteiger partial charge in [-0.15, -0.1) is 0 Å². The van der Waals surface area contributed by atoms with Gasteiger partial charge in [-0.25, -0.2) is 9.46 Å². The van der Waals surface area contributed by atoms with Crippen LogP contribution in [0.25, 0.3) is 0 Å². The fourth-order valence-electron chi connectivity index (χ4n) is 4.68. The second kappa shape index (κ2) is 18.1. The maximum Gasteiger partial charge on any atom is 0.329 e. The molecule has 2 atom stereocenters. The lowest BCUT2D eigenvalue weighted by atomic mass is 10.1. The van der Waals surface area contributed by atoms with E-state index in [4.69, 9.17) is 28.5 Å². The van der Waals surface area contributed by atoms with Gasteiger partial charge in [-0.2, -0.15) is 5.26 Å². The summed E-state index contributed by atoms with van der Waals surface area (Å²) in [4.78, 5) is 27.4. The van der Waals surface area contributed by atoms with E-state index in [9.17, 15) is 9.59 Å². The van der Waals surface area contributed by atoms with Crippen LogP contribution in [0, 0.1) is 11.3 Å². The molecule has 1 unspecified atom stereocenters. The van der Waals surface area contributed by atoms with Gasteiger partial charge in [0, 0.05) is 36.7 Å². The Kier molecular flexibility index (Phi) is 15.3. The summed E-state index contributed by atoms with van der Waals surface area (Å²) >= 11 is 0. The molecular weight excluding hydrogens is 533 g/mol. The predicted molar refractivity (Wildman–Crippen MR) is 154 cm³/mol. The zero-order chi connectivity index (χ0) is 29.5. The third-order valence-electron chi connectivity index (χ3n) is 6.61. The van der Waals surface area contributed by atoms with Crippen LogP contribution in [-0.2, 0) is 30.0 Å². The standard InChI is InChI=1S/C29H46N3O7P/c1-22(2)32(23(3)4)40(39-19-11-16-30)38-18-9-7-8-13-28(33)31-17-10-12-26(31)29(34)37-21-24-14-15-25(35-5)20-27(24)36-6/h14-15,20,22-23,26H,7-13,17-19,21H2,1-6H3/t26-,40?/m1/s1. The van der Waals surface area contributed by atoms with Crippen LogP contribution in [0.5, 0.6) is 11.5 Å². The van der Waals surface area contributed by atoms with E-state index in [0.717, 1.165) is 31.2 Å². The maximum atomic E-state index is 12.9. The Hall–Kier alpha value is -2.44. The van der Waals surface area contributed by atoms with Gasteiger partial charge in [0.25, 0.3) is 8.53 Å². The van der Waals surface area contributed by atoms with E-state index in [-0.39, 0.29) is 30.6 Å². The highest BCUT2D eigenvalue weighted by atomic mass is 31.2. The third kappa shape index (κ3) is 10.5. The number of nitriles is 1. The van der Waals surface area contributed by atoms with Crippen LogP contribution in [0.4, 0.5) is 0 Å². The Bertz CT molecular complexity index is 961. The van der Waals surface area contributed by atoms with Crippen LogP contribution in [0.1, 0.15) is 78.2 Å². The zero-order valence-electron chi connectivity index (χ0n) is 24.9. The van der Waals surface area contributed by atoms with E-state index in [1.165, 1.54) is 0 Å². The molecular formula is C29H46N3O7P. The lowest BCUT2D eigenvalue weighted by Gasteiger charge is -2.35. The van der Waals surface area contributed by atoms with Gasteiger partial charge >= 0.3 is 5.97 Å². The minimum absolute atomic E-state index is 0.0183. The van der Waals surface area contributed by atoms with Gasteiger partial charge in [-0.05, 0) is 65.5 Å². The van der Waals surface area contributed by atoms with Gasteiger partial charge in [0.1, 0.15) is 24.1 Å². The highest BCUT2D eigenvalue weighted by Crippen LogP contribution is 2.46. The molecule has 1 aromatic rings. The lowest BCUT2D eigenvalue weighted by molar-refractivity contribution is -0.154. The molecule has 0 radical (unpaired) electrons. The number of rotatable bonds is 18. The summed E-state index contributed by atoms with van der Waals surface area (Å²) in [7, 11) is 1.88. The van der Waals surface area contributed by atoms with Crippen molar-refractivity contribution in [2.45, 2.75) is 97.4 Å². The van der Waals surface area contributed by atoms with Crippen LogP contribution < -0.4 is 9.47 Å². The summed E-state index contributed by atoms with van der Waals surface area (Å²) in [6.45, 7) is 9.93. The molecule has 10 nitrogen and oxygen atoms in total. The minimum atomic E-state index is -1.25. The van der Waals surface area contributed by atoms with Gasteiger partial charge in [0.2, 0.25) is 5.91 Å². The highest BCUT2D eigenvalue weighted by Gasteiger charge is 2.35. The Morgan fingerprint density at radius 3 is 2.45 bits per heavy atom. The van der Waals surface area contributed by atoms with Crippen molar-refractivity contribution in [2.75, 3.05) is 34.0 Å². The summed E-state index contributed by atoms with van der Waals surface area (Å²) in [5, 5.41) is 8.85. The molecule has 0 aliphatic carbocycles. The van der Waals surface area contributed by atoms with Crippen LogP contribution in [0.2, 0.25) is 0 Å². The fraction of sp³-hybridized carbons (Fsp3) is 0.690. The molecule has 1 heterocycles. The number of amides is 1. The molecule has 1 amide bonds. The molecule has 40 heavy (non-hydrogen) atoms. The smallest absolute Gasteiger partial charge is 0.329 e. The molecule has 1 aliphatic rings. The first-order chi connectivity index (χ1) is 19.2. The Morgan fingerprint density at radius 2 is 1.80 bits per heavy atom. The molecule has 1 aliphatic heterocycles. The van der Waals surface area contributed by atoms with Crippen LogP contribution in [0.15, 0.2) is 18.2 Å². The number of methoxy groups -OCH3 is 2. The average Bonchev–Trinajstić information content (AvgIpc) is 3.43. The number of hydrogen-bond acceptors (Lipinski definition) is 9. The Labute approximate surface area is 240 Å². The number of likely N-dealkylation sites (tertiary alicyclic amines) is 1. The van der Waals surface area contributed by atoms with E-state index in [0.29, 0.717) is 50.5 Å². The molecule has 11 heteroatoms. The number of carbonyl (C=O) groups excluding carboxylic acids is 2. The summed E-state index contributed by atoms with van der Waals surface area (Å²) in [5.41, 5.74) is 0.735. The normalized spacial score (nSPS) is 15.9. The molecule has 0 aromatic heterocycles. The molecule has 1 saturated heterocycles. The third-order valence-corrected chi connectivity index (χ3v) is 8.72. The van der Waals surface area contributed by atoms with E-state index in [2.05, 4.69) is 38.4 Å². The van der Waals surface area contributed by atoms with Crippen molar-refractivity contribution >= 4 is 20.4 Å². The van der Waals surface area contributed by atoms with Gasteiger partial charge in [0.15, 0.2) is 0 Å². The molecule has 2 rings (SSSR count). The van der Waals surface area contributed by atoms with Crippen molar-refractivity contribution in [3.8, 4) is 17.6 Å². The first-order valence-corrected chi connectivity index (χ1v) is 15.2. The summed E-state index contributed by atoms with van der Waals surface area (Å²) in [5.74, 6) is 0.832. The van der Waals surface area contributed by atoms with E-state index in [1.807, 2.05) is 0 Å². The zero-order valence-corrected chi connectivity index (χ0v) is 25.8. The number of hydrogen-bond donors (Lipinski definition) is 0. The van der Waals surface area contributed by atoms with Gasteiger partial charge in [-0.1, -0.05) is 6.42 Å². The summed E-state index contributed by atoms with van der Waals surface area (Å²) in [6.07, 6.45) is 4.44. The van der Waals surface area contributed by atoms with Crippen molar-refractivity contribution in [3.63, 3.8) is 0 Å². The molecule has 1 aromatic carbocycles. The molecule has 224 valence electrons. The van der Waals surface area contributed by atoms with Crippen molar-refractivity contribution in [1.29, 1.82) is 5.26 Å².